The summed E-state index contributed by atoms with van der Waals surface area (Å²) in [6.07, 6.45) is 14.3. The van der Waals surface area contributed by atoms with Gasteiger partial charge >= 0.3 is 11.9 Å². The summed E-state index contributed by atoms with van der Waals surface area (Å²) >= 11 is 0. The molecule has 200 valence electrons. The van der Waals surface area contributed by atoms with Crippen molar-refractivity contribution in [3.8, 4) is 5.75 Å². The van der Waals surface area contributed by atoms with Crippen molar-refractivity contribution in [2.24, 2.45) is 16.9 Å². The Morgan fingerprint density at radius 2 is 1.75 bits per heavy atom. The number of allylic oxidation sites excluding steroid dienone is 1. The second-order valence-electron chi connectivity index (χ2n) is 10.3. The van der Waals surface area contributed by atoms with Crippen LogP contribution in [0.1, 0.15) is 95.6 Å². The second-order valence-corrected chi connectivity index (χ2v) is 10.3. The summed E-state index contributed by atoms with van der Waals surface area (Å²) in [6, 6.07) is 6.80. The molecule has 0 aliphatic heterocycles. The molecule has 0 amide bonds. The average molecular weight is 501 g/mol. The standard InChI is InChI=1S/C29H44N2O5/c1-2-34-26(19-27(32)36-28(33)25(31)10-4-7-18-30)23-11-13-24(14-12-23)35-21-22-9-8-17-29(20-22)15-5-3-6-16-29/h11-14,20,25-26H,2-10,15-19,21,30-31H2,1H3/t25-,26?/m0/s1. The predicted octanol–water partition coefficient (Wildman–Crippen LogP) is 5.12. The molecular weight excluding hydrogens is 456 g/mol. The zero-order valence-electron chi connectivity index (χ0n) is 21.8. The molecule has 1 aromatic carbocycles. The van der Waals surface area contributed by atoms with Crippen LogP contribution in [0.2, 0.25) is 0 Å². The highest BCUT2D eigenvalue weighted by atomic mass is 16.6. The van der Waals surface area contributed by atoms with Crippen LogP contribution in [0.25, 0.3) is 0 Å². The Morgan fingerprint density at radius 3 is 2.44 bits per heavy atom. The fourth-order valence-corrected chi connectivity index (χ4v) is 5.45. The summed E-state index contributed by atoms with van der Waals surface area (Å²) in [7, 11) is 0. The topological polar surface area (TPSA) is 114 Å². The number of benzene rings is 1. The molecule has 7 heteroatoms. The molecule has 1 spiro atoms. The van der Waals surface area contributed by atoms with Gasteiger partial charge in [0.25, 0.3) is 0 Å². The van der Waals surface area contributed by atoms with Gasteiger partial charge in [0.1, 0.15) is 18.4 Å². The molecule has 1 fully saturated rings. The van der Waals surface area contributed by atoms with Crippen LogP contribution in [-0.2, 0) is 19.1 Å². The zero-order chi connectivity index (χ0) is 25.8. The number of unbranched alkanes of at least 4 members (excludes halogenated alkanes) is 1. The van der Waals surface area contributed by atoms with Gasteiger partial charge in [0, 0.05) is 6.61 Å². The maximum absolute atomic E-state index is 12.4. The average Bonchev–Trinajstić information content (AvgIpc) is 2.88. The van der Waals surface area contributed by atoms with E-state index in [1.807, 2.05) is 31.2 Å². The predicted molar refractivity (Wildman–Crippen MR) is 140 cm³/mol. The van der Waals surface area contributed by atoms with Crippen molar-refractivity contribution in [2.45, 2.75) is 96.1 Å². The largest absolute Gasteiger partial charge is 0.489 e. The summed E-state index contributed by atoms with van der Waals surface area (Å²) in [4.78, 5) is 24.5. The third kappa shape index (κ3) is 8.71. The lowest BCUT2D eigenvalue weighted by Crippen LogP contribution is -2.34. The number of ether oxygens (including phenoxy) is 3. The van der Waals surface area contributed by atoms with Gasteiger partial charge in [-0.25, -0.2) is 4.79 Å². The number of carbonyl (C=O) groups excluding carboxylic acids is 2. The van der Waals surface area contributed by atoms with Crippen molar-refractivity contribution in [3.05, 3.63) is 41.5 Å². The van der Waals surface area contributed by atoms with Crippen LogP contribution >= 0.6 is 0 Å². The van der Waals surface area contributed by atoms with Crippen LogP contribution in [0.5, 0.6) is 5.75 Å². The number of nitrogens with two attached hydrogens (primary N) is 2. The van der Waals surface area contributed by atoms with Crippen LogP contribution in [0.15, 0.2) is 35.9 Å². The summed E-state index contributed by atoms with van der Waals surface area (Å²) in [6.45, 7) is 3.46. The highest BCUT2D eigenvalue weighted by Crippen LogP contribution is 2.45. The Morgan fingerprint density at radius 1 is 1.03 bits per heavy atom. The van der Waals surface area contributed by atoms with Crippen LogP contribution in [0.3, 0.4) is 0 Å². The quantitative estimate of drug-likeness (QED) is 0.167. The van der Waals surface area contributed by atoms with Crippen LogP contribution in [-0.4, -0.2) is 37.7 Å². The Balaban J connectivity index is 1.51. The monoisotopic (exact) mass is 500 g/mol. The van der Waals surface area contributed by atoms with Gasteiger partial charge in [-0.05, 0) is 87.1 Å². The van der Waals surface area contributed by atoms with Crippen molar-refractivity contribution in [2.75, 3.05) is 19.8 Å². The van der Waals surface area contributed by atoms with E-state index >= 15 is 0 Å². The van der Waals surface area contributed by atoms with Crippen LogP contribution in [0, 0.1) is 5.41 Å². The highest BCUT2D eigenvalue weighted by Gasteiger charge is 2.32. The van der Waals surface area contributed by atoms with E-state index in [0.29, 0.717) is 31.6 Å². The molecule has 1 unspecified atom stereocenters. The molecule has 1 aromatic rings. The van der Waals surface area contributed by atoms with E-state index in [0.717, 1.165) is 30.6 Å². The van der Waals surface area contributed by atoms with E-state index in [9.17, 15) is 9.59 Å². The van der Waals surface area contributed by atoms with Gasteiger partial charge in [-0.2, -0.15) is 0 Å². The third-order valence-electron chi connectivity index (χ3n) is 7.41. The van der Waals surface area contributed by atoms with E-state index in [1.165, 1.54) is 50.5 Å². The number of esters is 2. The SMILES string of the molecule is CCOC(CC(=O)OC(=O)[C@@H](N)CCCCN)c1ccc(OCC2=CC3(CCCCC3)CCC2)cc1. The molecular formula is C29H44N2O5. The minimum Gasteiger partial charge on any atom is -0.489 e. The molecule has 2 aliphatic carbocycles. The Kier molecular flexibility index (Phi) is 11.4. The molecule has 36 heavy (non-hydrogen) atoms. The number of hydrogen-bond donors (Lipinski definition) is 2. The summed E-state index contributed by atoms with van der Waals surface area (Å²) in [5.74, 6) is -0.559. The van der Waals surface area contributed by atoms with Gasteiger partial charge in [0.05, 0.1) is 12.5 Å². The first-order valence-electron chi connectivity index (χ1n) is 13.7. The lowest BCUT2D eigenvalue weighted by molar-refractivity contribution is -0.162. The maximum atomic E-state index is 12.4. The van der Waals surface area contributed by atoms with Crippen molar-refractivity contribution in [3.63, 3.8) is 0 Å². The van der Waals surface area contributed by atoms with Gasteiger partial charge in [0.15, 0.2) is 0 Å². The van der Waals surface area contributed by atoms with E-state index in [1.54, 1.807) is 0 Å². The van der Waals surface area contributed by atoms with Crippen molar-refractivity contribution in [1.29, 1.82) is 0 Å². The minimum absolute atomic E-state index is 0.0652. The lowest BCUT2D eigenvalue weighted by Gasteiger charge is -2.38. The van der Waals surface area contributed by atoms with Crippen LogP contribution in [0.4, 0.5) is 0 Å². The minimum atomic E-state index is -0.824. The molecule has 2 aliphatic rings. The number of carbonyl (C=O) groups is 2. The summed E-state index contributed by atoms with van der Waals surface area (Å²) < 4.78 is 16.9. The fourth-order valence-electron chi connectivity index (χ4n) is 5.45. The Hall–Kier alpha value is -2.22. The smallest absolute Gasteiger partial charge is 0.330 e. The summed E-state index contributed by atoms with van der Waals surface area (Å²) in [5, 5.41) is 0. The third-order valence-corrected chi connectivity index (χ3v) is 7.41. The Labute approximate surface area is 215 Å². The lowest BCUT2D eigenvalue weighted by atomic mass is 9.67. The fraction of sp³-hybridized carbons (Fsp3) is 0.655. The molecule has 3 rings (SSSR count). The van der Waals surface area contributed by atoms with Crippen molar-refractivity contribution in [1.82, 2.24) is 0 Å². The number of rotatable bonds is 13. The molecule has 0 heterocycles. The van der Waals surface area contributed by atoms with Gasteiger partial charge < -0.3 is 25.7 Å². The highest BCUT2D eigenvalue weighted by molar-refractivity contribution is 5.88. The molecule has 0 saturated heterocycles. The molecule has 7 nitrogen and oxygen atoms in total. The van der Waals surface area contributed by atoms with Gasteiger partial charge in [-0.1, -0.05) is 43.9 Å². The van der Waals surface area contributed by atoms with Crippen molar-refractivity contribution < 1.29 is 23.8 Å². The summed E-state index contributed by atoms with van der Waals surface area (Å²) in [5.41, 5.74) is 13.9. The normalized spacial score (nSPS) is 18.8. The van der Waals surface area contributed by atoms with Crippen LogP contribution < -0.4 is 16.2 Å². The first kappa shape index (κ1) is 28.4. The molecule has 0 radical (unpaired) electrons. The van der Waals surface area contributed by atoms with E-state index < -0.39 is 24.1 Å². The van der Waals surface area contributed by atoms with E-state index in [2.05, 4.69) is 6.08 Å². The first-order valence-corrected chi connectivity index (χ1v) is 13.7. The zero-order valence-corrected chi connectivity index (χ0v) is 21.8. The molecule has 0 bridgehead atoms. The first-order chi connectivity index (χ1) is 17.4. The van der Waals surface area contributed by atoms with Gasteiger partial charge in [-0.3, -0.25) is 4.79 Å². The van der Waals surface area contributed by atoms with E-state index in [-0.39, 0.29) is 6.42 Å². The molecule has 2 atom stereocenters. The van der Waals surface area contributed by atoms with Gasteiger partial charge in [-0.15, -0.1) is 0 Å². The molecule has 4 N–H and O–H groups in total. The Bertz CT molecular complexity index is 861. The van der Waals surface area contributed by atoms with E-state index in [4.69, 9.17) is 25.7 Å². The second kappa shape index (κ2) is 14.5. The number of hydrogen-bond acceptors (Lipinski definition) is 7. The molecule has 0 aromatic heterocycles. The maximum Gasteiger partial charge on any atom is 0.330 e. The molecule has 1 saturated carbocycles. The van der Waals surface area contributed by atoms with Crippen molar-refractivity contribution >= 4 is 11.9 Å². The van der Waals surface area contributed by atoms with Gasteiger partial charge in [0.2, 0.25) is 0 Å².